The van der Waals surface area contributed by atoms with Crippen LogP contribution in [0.25, 0.3) is 5.76 Å². The van der Waals surface area contributed by atoms with Crippen LogP contribution in [0.5, 0.6) is 5.75 Å². The number of carbonyl (C=O) groups is 4. The third-order valence-electron chi connectivity index (χ3n) is 11.9. The number of aryl methyl sites for hydroxylation is 1. The van der Waals surface area contributed by atoms with Crippen LogP contribution in [-0.2, 0) is 38.4 Å². The molecule has 0 radical (unpaired) electrons. The maximum Gasteiger partial charge on any atom is 0.203 e. The van der Waals surface area contributed by atoms with Crippen molar-refractivity contribution in [2.75, 3.05) is 0 Å². The predicted octanol–water partition coefficient (Wildman–Crippen LogP) is 7.33. The van der Waals surface area contributed by atoms with Crippen LogP contribution in [0.3, 0.4) is 0 Å². The minimum Gasteiger partial charge on any atom is -0.508 e. The largest absolute Gasteiger partial charge is 0.508 e. The van der Waals surface area contributed by atoms with Gasteiger partial charge in [-0.05, 0) is 72.6 Å². The molecule has 0 spiro atoms. The molecule has 3 aliphatic carbocycles. The van der Waals surface area contributed by atoms with Gasteiger partial charge in [-0.25, -0.2) is 0 Å². The molecule has 0 heterocycles. The third kappa shape index (κ3) is 5.55. The summed E-state index contributed by atoms with van der Waals surface area (Å²) >= 11 is 0. The number of benzene rings is 2. The van der Waals surface area contributed by atoms with Crippen molar-refractivity contribution in [3.8, 4) is 5.75 Å². The van der Waals surface area contributed by atoms with Gasteiger partial charge in [0.1, 0.15) is 28.6 Å². The van der Waals surface area contributed by atoms with Gasteiger partial charge in [-0.15, -0.1) is 0 Å². The second kappa shape index (κ2) is 12.9. The fourth-order valence-corrected chi connectivity index (χ4v) is 9.61. The zero-order valence-corrected chi connectivity index (χ0v) is 30.8. The molecule has 1 fully saturated rings. The van der Waals surface area contributed by atoms with E-state index in [-0.39, 0.29) is 66.1 Å². The second-order valence-corrected chi connectivity index (χ2v) is 16.4. The van der Waals surface area contributed by atoms with Gasteiger partial charge in [0.05, 0.1) is 5.56 Å². The highest BCUT2D eigenvalue weighted by atomic mass is 16.3. The molecule has 2 unspecified atom stereocenters. The van der Waals surface area contributed by atoms with Gasteiger partial charge in [-0.3, -0.25) is 19.2 Å². The summed E-state index contributed by atoms with van der Waals surface area (Å²) in [6.07, 6.45) is 1.25. The smallest absolute Gasteiger partial charge is 0.203 e. The van der Waals surface area contributed by atoms with E-state index in [2.05, 4.69) is 0 Å². The molecule has 0 aliphatic heterocycles. The number of allylic oxidation sites excluding steroid dienone is 1. The molecule has 8 nitrogen and oxygen atoms in total. The number of phenolic OH excluding ortho intramolecular Hbond substituents is 1. The SMILES string of the molecule is CC(=O)C1=C(O)[C@]2(O)C(=O)C3=C(O)c4c(O)c(CCC(=O)C(Cc5ccccc5)C(C)C)cc(C(C)C)c4C[C@]3(C)C[C@]2(C)C(C(C)C)C1=O. The quantitative estimate of drug-likeness (QED) is 0.190. The van der Waals surface area contributed by atoms with E-state index in [1.165, 1.54) is 0 Å². The number of rotatable bonds is 10. The molecule has 3 aliphatic rings. The Morgan fingerprint density at radius 2 is 1.58 bits per heavy atom. The Morgan fingerprint density at radius 1 is 0.960 bits per heavy atom. The topological polar surface area (TPSA) is 149 Å². The molecule has 5 rings (SSSR count). The van der Waals surface area contributed by atoms with Gasteiger partial charge in [0, 0.05) is 34.7 Å². The molecule has 2 aromatic carbocycles. The first-order valence-electron chi connectivity index (χ1n) is 17.9. The van der Waals surface area contributed by atoms with Gasteiger partial charge in [0.15, 0.2) is 17.2 Å². The van der Waals surface area contributed by atoms with E-state index in [0.717, 1.165) is 18.1 Å². The molecule has 0 aromatic heterocycles. The zero-order valence-electron chi connectivity index (χ0n) is 30.8. The summed E-state index contributed by atoms with van der Waals surface area (Å²) in [5.74, 6) is -5.52. The van der Waals surface area contributed by atoms with E-state index < -0.39 is 62.7 Å². The van der Waals surface area contributed by atoms with Gasteiger partial charge in [0.25, 0.3) is 0 Å². The van der Waals surface area contributed by atoms with Crippen LogP contribution in [0.2, 0.25) is 0 Å². The van der Waals surface area contributed by atoms with E-state index in [4.69, 9.17) is 0 Å². The number of aliphatic hydroxyl groups is 3. The summed E-state index contributed by atoms with van der Waals surface area (Å²) in [5.41, 5.74) is -2.87. The Bertz CT molecular complexity index is 1830. The predicted molar refractivity (Wildman–Crippen MR) is 192 cm³/mol. The van der Waals surface area contributed by atoms with Crippen molar-refractivity contribution < 1.29 is 39.6 Å². The van der Waals surface area contributed by atoms with Gasteiger partial charge in [-0.2, -0.15) is 0 Å². The summed E-state index contributed by atoms with van der Waals surface area (Å²) in [6.45, 7) is 16.1. The Morgan fingerprint density at radius 3 is 2.12 bits per heavy atom. The van der Waals surface area contributed by atoms with Crippen molar-refractivity contribution in [3.63, 3.8) is 0 Å². The normalized spacial score (nSPS) is 27.1. The molecule has 4 N–H and O–H groups in total. The van der Waals surface area contributed by atoms with Crippen LogP contribution in [0.4, 0.5) is 0 Å². The second-order valence-electron chi connectivity index (χ2n) is 16.4. The summed E-state index contributed by atoms with van der Waals surface area (Å²) in [4.78, 5) is 54.8. The van der Waals surface area contributed by atoms with E-state index in [0.29, 0.717) is 17.5 Å². The van der Waals surface area contributed by atoms with Gasteiger partial charge < -0.3 is 20.4 Å². The van der Waals surface area contributed by atoms with Crippen LogP contribution in [0.1, 0.15) is 109 Å². The molecule has 268 valence electrons. The number of hydrogen-bond donors (Lipinski definition) is 4. The summed E-state index contributed by atoms with van der Waals surface area (Å²) < 4.78 is 0. The number of fused-ring (bicyclic) bond motifs is 3. The number of aromatic hydroxyl groups is 1. The highest BCUT2D eigenvalue weighted by Gasteiger charge is 2.72. The van der Waals surface area contributed by atoms with E-state index in [1.807, 2.05) is 64.1 Å². The monoisotopic (exact) mass is 684 g/mol. The third-order valence-corrected chi connectivity index (χ3v) is 11.9. The van der Waals surface area contributed by atoms with Gasteiger partial charge in [-0.1, -0.05) is 91.8 Å². The van der Waals surface area contributed by atoms with Crippen LogP contribution < -0.4 is 0 Å². The fraction of sp³-hybridized carbons (Fsp3) is 0.524. The number of carbonyl (C=O) groups excluding carboxylic acids is 4. The van der Waals surface area contributed by atoms with Gasteiger partial charge in [0.2, 0.25) is 5.78 Å². The Balaban J connectivity index is 1.63. The highest BCUT2D eigenvalue weighted by Crippen LogP contribution is 2.65. The standard InChI is InChI=1S/C42H52O8/c1-21(2)27-18-26(15-16-30(44)28(22(3)4)17-25-13-11-10-12-14-25)35(45)32-29(27)19-40(8)20-41(9)33(23(5)6)36(46)31(24(7)43)38(48)42(41,50)39(49)34(40)37(32)47/h10-14,18,21-23,28,33,45,47-48,50H,15-17,19-20H2,1-9H3/t28?,33?,40-,41-,42+/m1/s1. The molecule has 2 aromatic rings. The lowest BCUT2D eigenvalue weighted by molar-refractivity contribution is -0.178. The van der Waals surface area contributed by atoms with Crippen molar-refractivity contribution in [2.45, 2.75) is 106 Å². The average molecular weight is 685 g/mol. The number of hydrogen-bond acceptors (Lipinski definition) is 8. The average Bonchev–Trinajstić information content (AvgIpc) is 3.00. The zero-order chi connectivity index (χ0) is 37.2. The first kappa shape index (κ1) is 37.2. The molecular formula is C42H52O8. The fourth-order valence-electron chi connectivity index (χ4n) is 9.61. The van der Waals surface area contributed by atoms with Crippen molar-refractivity contribution in [1.82, 2.24) is 0 Å². The Labute approximate surface area is 295 Å². The lowest BCUT2D eigenvalue weighted by Gasteiger charge is -2.60. The summed E-state index contributed by atoms with van der Waals surface area (Å²) in [5, 5.41) is 47.7. The molecule has 0 amide bonds. The van der Waals surface area contributed by atoms with E-state index >= 15 is 0 Å². The van der Waals surface area contributed by atoms with E-state index in [1.54, 1.807) is 27.7 Å². The highest BCUT2D eigenvalue weighted by molar-refractivity contribution is 6.24. The lowest BCUT2D eigenvalue weighted by atomic mass is 9.43. The van der Waals surface area contributed by atoms with Crippen molar-refractivity contribution >= 4 is 28.9 Å². The summed E-state index contributed by atoms with van der Waals surface area (Å²) in [6, 6.07) is 11.8. The van der Waals surface area contributed by atoms with Crippen molar-refractivity contribution in [2.24, 2.45) is 34.5 Å². The van der Waals surface area contributed by atoms with Crippen LogP contribution in [-0.4, -0.2) is 49.2 Å². The molecule has 50 heavy (non-hydrogen) atoms. The molecular weight excluding hydrogens is 632 g/mol. The van der Waals surface area contributed by atoms with Crippen LogP contribution >= 0.6 is 0 Å². The number of ketones is 4. The summed E-state index contributed by atoms with van der Waals surface area (Å²) in [7, 11) is 0. The van der Waals surface area contributed by atoms with Crippen molar-refractivity contribution in [3.05, 3.63) is 81.1 Å². The Hall–Kier alpha value is -4.04. The number of aliphatic hydroxyl groups excluding tert-OH is 2. The van der Waals surface area contributed by atoms with Crippen LogP contribution in [0.15, 0.2) is 53.3 Å². The minimum atomic E-state index is -2.66. The molecule has 5 atom stereocenters. The van der Waals surface area contributed by atoms with Gasteiger partial charge >= 0.3 is 0 Å². The molecule has 8 heteroatoms. The van der Waals surface area contributed by atoms with E-state index in [9.17, 15) is 39.6 Å². The van der Waals surface area contributed by atoms with Crippen molar-refractivity contribution in [1.29, 1.82) is 0 Å². The van der Waals surface area contributed by atoms with Crippen LogP contribution in [0, 0.1) is 34.5 Å². The number of Topliss-reactive ketones (excluding diaryl/α,β-unsaturated/α-hetero) is 4. The first-order chi connectivity index (χ1) is 23.2. The maximum absolute atomic E-state index is 14.7. The Kier molecular flexibility index (Phi) is 9.63. The molecule has 0 saturated heterocycles. The minimum absolute atomic E-state index is 0.0391. The maximum atomic E-state index is 14.7. The number of phenols is 1. The lowest BCUT2D eigenvalue weighted by Crippen LogP contribution is -2.69. The molecule has 0 bridgehead atoms. The first-order valence-corrected chi connectivity index (χ1v) is 17.9. The molecule has 1 saturated carbocycles.